The summed E-state index contributed by atoms with van der Waals surface area (Å²) >= 11 is 0. The summed E-state index contributed by atoms with van der Waals surface area (Å²) in [7, 11) is 0. The molecule has 2 aromatic rings. The molecule has 132 valence electrons. The molecule has 1 atom stereocenters. The van der Waals surface area contributed by atoms with Crippen molar-refractivity contribution in [2.75, 3.05) is 6.61 Å². The fraction of sp³-hybridized carbons (Fsp3) is 0.300. The number of hydrogen-bond donors (Lipinski definition) is 2. The minimum atomic E-state index is -0.584. The van der Waals surface area contributed by atoms with Gasteiger partial charge in [0.05, 0.1) is 11.6 Å². The van der Waals surface area contributed by atoms with E-state index in [1.165, 1.54) is 5.56 Å². The average molecular weight is 340 g/mol. The number of benzene rings is 2. The number of aryl methyl sites for hydroxylation is 2. The highest BCUT2D eigenvalue weighted by Gasteiger charge is 2.13. The molecule has 0 saturated carbocycles. The van der Waals surface area contributed by atoms with Crippen LogP contribution in [0, 0.1) is 6.92 Å². The number of amides is 2. The normalized spacial score (nSPS) is 11.6. The van der Waals surface area contributed by atoms with Crippen LogP contribution >= 0.6 is 0 Å². The van der Waals surface area contributed by atoms with Crippen molar-refractivity contribution in [3.8, 4) is 5.75 Å². The molecule has 2 amide bonds. The van der Waals surface area contributed by atoms with E-state index in [9.17, 15) is 9.59 Å². The van der Waals surface area contributed by atoms with Crippen molar-refractivity contribution in [2.24, 2.45) is 5.73 Å². The Morgan fingerprint density at radius 2 is 1.84 bits per heavy atom. The van der Waals surface area contributed by atoms with Gasteiger partial charge in [0.25, 0.3) is 11.8 Å². The second-order valence-corrected chi connectivity index (χ2v) is 6.04. The first-order valence-corrected chi connectivity index (χ1v) is 8.32. The van der Waals surface area contributed by atoms with Crippen LogP contribution < -0.4 is 15.8 Å². The Bertz CT molecular complexity index is 754. The molecular weight excluding hydrogens is 316 g/mol. The number of rotatable bonds is 7. The minimum Gasteiger partial charge on any atom is -0.483 e. The molecule has 0 fully saturated rings. The van der Waals surface area contributed by atoms with E-state index < -0.39 is 5.91 Å². The largest absolute Gasteiger partial charge is 0.483 e. The van der Waals surface area contributed by atoms with Gasteiger partial charge >= 0.3 is 0 Å². The number of nitrogens with two attached hydrogens (primary N) is 1. The third-order valence-corrected chi connectivity index (χ3v) is 4.03. The molecule has 0 aliphatic carbocycles. The standard InChI is InChI=1S/C20H24N2O3/c1-4-15-6-8-16(9-7-15)14(3)22-19(23)12-25-18-11-13(2)5-10-17(18)20(21)24/h5-11,14H,4,12H2,1-3H3,(H2,21,24)(H,22,23). The Morgan fingerprint density at radius 1 is 1.16 bits per heavy atom. The molecule has 5 heteroatoms. The molecule has 0 saturated heterocycles. The topological polar surface area (TPSA) is 81.4 Å². The van der Waals surface area contributed by atoms with E-state index >= 15 is 0 Å². The van der Waals surface area contributed by atoms with E-state index in [2.05, 4.69) is 24.4 Å². The van der Waals surface area contributed by atoms with Crippen molar-refractivity contribution in [3.05, 3.63) is 64.7 Å². The molecule has 5 nitrogen and oxygen atoms in total. The average Bonchev–Trinajstić information content (AvgIpc) is 2.59. The van der Waals surface area contributed by atoms with Crippen molar-refractivity contribution in [3.63, 3.8) is 0 Å². The third kappa shape index (κ3) is 5.08. The van der Waals surface area contributed by atoms with Crippen LogP contribution in [0.2, 0.25) is 0 Å². The van der Waals surface area contributed by atoms with E-state index in [0.29, 0.717) is 5.75 Å². The Morgan fingerprint density at radius 3 is 2.44 bits per heavy atom. The summed E-state index contributed by atoms with van der Waals surface area (Å²) in [6, 6.07) is 13.1. The molecule has 2 rings (SSSR count). The maximum atomic E-state index is 12.1. The summed E-state index contributed by atoms with van der Waals surface area (Å²) in [4.78, 5) is 23.6. The first-order chi connectivity index (χ1) is 11.9. The molecule has 0 aliphatic rings. The van der Waals surface area contributed by atoms with Crippen LogP contribution in [0.1, 0.15) is 46.9 Å². The van der Waals surface area contributed by atoms with Crippen molar-refractivity contribution in [2.45, 2.75) is 33.2 Å². The molecule has 0 heterocycles. The highest BCUT2D eigenvalue weighted by Crippen LogP contribution is 2.20. The number of carbonyl (C=O) groups is 2. The van der Waals surface area contributed by atoms with Gasteiger partial charge in [-0.05, 0) is 49.1 Å². The van der Waals surface area contributed by atoms with Gasteiger partial charge < -0.3 is 15.8 Å². The zero-order valence-electron chi connectivity index (χ0n) is 14.8. The Labute approximate surface area is 148 Å². The molecule has 3 N–H and O–H groups in total. The zero-order chi connectivity index (χ0) is 18.4. The molecule has 0 aromatic heterocycles. The summed E-state index contributed by atoms with van der Waals surface area (Å²) < 4.78 is 5.50. The summed E-state index contributed by atoms with van der Waals surface area (Å²) in [6.07, 6.45) is 0.980. The number of ether oxygens (including phenoxy) is 1. The van der Waals surface area contributed by atoms with Gasteiger partial charge in [-0.1, -0.05) is 37.3 Å². The molecule has 0 spiro atoms. The van der Waals surface area contributed by atoms with Crippen LogP contribution in [-0.4, -0.2) is 18.4 Å². The molecule has 0 aliphatic heterocycles. The Kier molecular flexibility index (Phi) is 6.17. The van der Waals surface area contributed by atoms with Gasteiger partial charge in [0.15, 0.2) is 6.61 Å². The Balaban J connectivity index is 1.96. The van der Waals surface area contributed by atoms with Gasteiger partial charge in [0, 0.05) is 0 Å². The van der Waals surface area contributed by atoms with Gasteiger partial charge in [-0.25, -0.2) is 0 Å². The maximum absolute atomic E-state index is 12.1. The van der Waals surface area contributed by atoms with Crippen LogP contribution in [0.4, 0.5) is 0 Å². The van der Waals surface area contributed by atoms with Crippen molar-refractivity contribution < 1.29 is 14.3 Å². The monoisotopic (exact) mass is 340 g/mol. The molecule has 25 heavy (non-hydrogen) atoms. The van der Waals surface area contributed by atoms with Crippen molar-refractivity contribution in [1.29, 1.82) is 0 Å². The van der Waals surface area contributed by atoms with Gasteiger partial charge in [-0.15, -0.1) is 0 Å². The van der Waals surface area contributed by atoms with Gasteiger partial charge in [0.2, 0.25) is 0 Å². The van der Waals surface area contributed by atoms with Crippen molar-refractivity contribution in [1.82, 2.24) is 5.32 Å². The molecule has 0 bridgehead atoms. The highest BCUT2D eigenvalue weighted by molar-refractivity contribution is 5.95. The first-order valence-electron chi connectivity index (χ1n) is 8.32. The SMILES string of the molecule is CCc1ccc(C(C)NC(=O)COc2cc(C)ccc2C(N)=O)cc1. The van der Waals surface area contributed by atoms with Crippen LogP contribution in [0.15, 0.2) is 42.5 Å². The maximum Gasteiger partial charge on any atom is 0.258 e. The lowest BCUT2D eigenvalue weighted by atomic mass is 10.1. The van der Waals surface area contributed by atoms with E-state index in [1.807, 2.05) is 26.0 Å². The molecular formula is C20H24N2O3. The summed E-state index contributed by atoms with van der Waals surface area (Å²) in [5.41, 5.74) is 8.80. The fourth-order valence-corrected chi connectivity index (χ4v) is 2.50. The third-order valence-electron chi connectivity index (χ3n) is 4.03. The van der Waals surface area contributed by atoms with Gasteiger partial charge in [-0.3, -0.25) is 9.59 Å². The van der Waals surface area contributed by atoms with E-state index in [-0.39, 0.29) is 24.1 Å². The van der Waals surface area contributed by atoms with Crippen LogP contribution in [0.25, 0.3) is 0 Å². The number of nitrogens with one attached hydrogen (secondary N) is 1. The first kappa shape index (κ1) is 18.5. The minimum absolute atomic E-state index is 0.130. The lowest BCUT2D eigenvalue weighted by Gasteiger charge is -2.16. The second-order valence-electron chi connectivity index (χ2n) is 6.04. The number of carbonyl (C=O) groups excluding carboxylic acids is 2. The smallest absolute Gasteiger partial charge is 0.258 e. The highest BCUT2D eigenvalue weighted by atomic mass is 16.5. The number of primary amides is 1. The van der Waals surface area contributed by atoms with Crippen LogP contribution in [-0.2, 0) is 11.2 Å². The van der Waals surface area contributed by atoms with E-state index in [0.717, 1.165) is 17.5 Å². The van der Waals surface area contributed by atoms with Crippen LogP contribution in [0.3, 0.4) is 0 Å². The second kappa shape index (κ2) is 8.33. The lowest BCUT2D eigenvalue weighted by Crippen LogP contribution is -2.31. The lowest BCUT2D eigenvalue weighted by molar-refractivity contribution is -0.123. The molecule has 0 radical (unpaired) electrons. The Hall–Kier alpha value is -2.82. The zero-order valence-corrected chi connectivity index (χ0v) is 14.8. The predicted molar refractivity (Wildman–Crippen MR) is 97.6 cm³/mol. The van der Waals surface area contributed by atoms with Crippen LogP contribution in [0.5, 0.6) is 5.75 Å². The molecule has 1 unspecified atom stereocenters. The predicted octanol–water partition coefficient (Wildman–Crippen LogP) is 2.91. The van der Waals surface area contributed by atoms with Gasteiger partial charge in [0.1, 0.15) is 5.75 Å². The van der Waals surface area contributed by atoms with Gasteiger partial charge in [-0.2, -0.15) is 0 Å². The quantitative estimate of drug-likeness (QED) is 0.813. The molecule has 2 aromatic carbocycles. The van der Waals surface area contributed by atoms with E-state index in [4.69, 9.17) is 10.5 Å². The van der Waals surface area contributed by atoms with E-state index in [1.54, 1.807) is 18.2 Å². The summed E-state index contributed by atoms with van der Waals surface area (Å²) in [5, 5.41) is 2.89. The summed E-state index contributed by atoms with van der Waals surface area (Å²) in [6.45, 7) is 5.71. The number of hydrogen-bond acceptors (Lipinski definition) is 3. The van der Waals surface area contributed by atoms with Crippen molar-refractivity contribution >= 4 is 11.8 Å². The summed E-state index contributed by atoms with van der Waals surface area (Å²) in [5.74, 6) is -0.522. The fourth-order valence-electron chi connectivity index (χ4n) is 2.50.